The molecule has 3 aliphatic rings. The van der Waals surface area contributed by atoms with Gasteiger partial charge in [-0.2, -0.15) is 10.4 Å². The van der Waals surface area contributed by atoms with E-state index in [0.717, 1.165) is 133 Å². The molecule has 6 N–H and O–H groups in total. The first-order chi connectivity index (χ1) is 43.4. The fraction of sp³-hybridized carbons (Fsp3) is 0.515. The summed E-state index contributed by atoms with van der Waals surface area (Å²) >= 11 is 0. The van der Waals surface area contributed by atoms with Crippen LogP contribution in [0.3, 0.4) is 0 Å². The van der Waals surface area contributed by atoms with Crippen LogP contribution in [0.25, 0.3) is 49.9 Å². The molecule has 0 amide bonds. The molecule has 0 bridgehead atoms. The molecule has 0 aliphatic heterocycles. The fourth-order valence-electron chi connectivity index (χ4n) is 12.5. The molecule has 9 aromatic heterocycles. The number of rotatable bonds is 18. The van der Waals surface area contributed by atoms with Crippen LogP contribution < -0.4 is 16.0 Å². The van der Waals surface area contributed by atoms with Gasteiger partial charge in [0.1, 0.15) is 11.9 Å². The zero-order valence-corrected chi connectivity index (χ0v) is 53.1. The second-order valence-electron chi connectivity index (χ2n) is 25.4. The lowest BCUT2D eigenvalue weighted by Crippen LogP contribution is -2.23. The van der Waals surface area contributed by atoms with Crippen LogP contribution in [0.5, 0.6) is 0 Å². The minimum absolute atomic E-state index is 0.0631. The van der Waals surface area contributed by atoms with E-state index >= 15 is 0 Å². The van der Waals surface area contributed by atoms with Crippen molar-refractivity contribution in [3.05, 3.63) is 115 Å². The van der Waals surface area contributed by atoms with E-state index in [4.69, 9.17) is 29.5 Å². The number of pyridine rings is 2. The van der Waals surface area contributed by atoms with Gasteiger partial charge in [0.2, 0.25) is 17.8 Å². The van der Waals surface area contributed by atoms with E-state index in [9.17, 15) is 25.0 Å². The second kappa shape index (κ2) is 29.3. The zero-order chi connectivity index (χ0) is 63.6. The standard InChI is InChI=1S/C23H34N6O2.C22H26N6O2.C21H26FN5O2/c1-15(14-31-5)26-22-24-12-21-19(17-11-25-28(13-17)23(2,3)4)10-20(29(21)27-22)16-6-8-18(30)9-7-16;1-14(13-30-2)26-22-25-12-21-19(17-7-15(9-23)10-24-11-17)8-20(28(21)27-22)16-3-5-18(29)6-4-16;1-13(12-29-2)25-21-24-11-20-18(15-7-16(22)10-23-9-15)8-19(27(20)26-21)14-3-5-17(28)6-4-14/h10-13,15-16,18,30H,6-9,14H2,1-5H3,(H,26,27);7-8,10-12,14,16,18,29H,3-6,13H2,1-2H3,(H,26,27);7-11,13-14,17,28H,3-6,12H2,1-2H3,(H,25,26)/t15-,16?,18?;14-,16?,18?;13-,14?,17?/m000/s1. The van der Waals surface area contributed by atoms with E-state index in [1.807, 2.05) is 63.7 Å². The highest BCUT2D eigenvalue weighted by Gasteiger charge is 2.30. The van der Waals surface area contributed by atoms with Gasteiger partial charge in [-0.1, -0.05) is 0 Å². The van der Waals surface area contributed by atoms with E-state index in [0.29, 0.717) is 60.6 Å². The normalized spacial score (nSPS) is 20.5. The number of aliphatic hydroxyl groups excluding tert-OH is 3. The number of ether oxygens (including phenoxy) is 3. The Labute approximate surface area is 524 Å². The maximum Gasteiger partial charge on any atom is 0.241 e. The van der Waals surface area contributed by atoms with Crippen LogP contribution >= 0.6 is 0 Å². The van der Waals surface area contributed by atoms with E-state index in [2.05, 4.69) is 97.2 Å². The van der Waals surface area contributed by atoms with Gasteiger partial charge in [0.25, 0.3) is 0 Å². The lowest BCUT2D eigenvalue weighted by atomic mass is 9.85. The Morgan fingerprint density at radius 3 is 1.23 bits per heavy atom. The van der Waals surface area contributed by atoms with Crippen molar-refractivity contribution < 1.29 is 33.9 Å². The van der Waals surface area contributed by atoms with Crippen molar-refractivity contribution in [1.29, 1.82) is 5.26 Å². The molecule has 0 radical (unpaired) electrons. The predicted molar refractivity (Wildman–Crippen MR) is 343 cm³/mol. The summed E-state index contributed by atoms with van der Waals surface area (Å²) in [5.74, 6) is 2.20. The zero-order valence-electron chi connectivity index (χ0n) is 53.1. The largest absolute Gasteiger partial charge is 0.393 e. The van der Waals surface area contributed by atoms with E-state index in [-0.39, 0.29) is 53.7 Å². The topological polar surface area (TPSA) is 282 Å². The molecular formula is C66H86FN17O6. The number of nitrogens with zero attached hydrogens (tertiary/aromatic N) is 14. The summed E-state index contributed by atoms with van der Waals surface area (Å²) in [5, 5.41) is 67.8. The maximum atomic E-state index is 13.8. The van der Waals surface area contributed by atoms with E-state index in [1.165, 1.54) is 18.0 Å². The van der Waals surface area contributed by atoms with Crippen LogP contribution in [0, 0.1) is 17.1 Å². The van der Waals surface area contributed by atoms with Crippen molar-refractivity contribution in [1.82, 2.24) is 63.5 Å². The number of anilines is 3. The van der Waals surface area contributed by atoms with Crippen LogP contribution in [0.4, 0.5) is 22.2 Å². The maximum absolute atomic E-state index is 13.8. The first kappa shape index (κ1) is 64.9. The smallest absolute Gasteiger partial charge is 0.241 e. The van der Waals surface area contributed by atoms with Crippen molar-refractivity contribution in [2.24, 2.45) is 0 Å². The monoisotopic (exact) mass is 1230 g/mol. The molecular weight excluding hydrogens is 1150 g/mol. The van der Waals surface area contributed by atoms with Gasteiger partial charge in [-0.25, -0.2) is 32.9 Å². The molecule has 0 spiro atoms. The van der Waals surface area contributed by atoms with Gasteiger partial charge < -0.3 is 45.5 Å². The minimum atomic E-state index is -0.378. The number of fused-ring (bicyclic) bond motifs is 3. The van der Waals surface area contributed by atoms with Gasteiger partial charge in [0.15, 0.2) is 0 Å². The quantitative estimate of drug-likeness (QED) is 0.0466. The first-order valence-corrected chi connectivity index (χ1v) is 31.4. The van der Waals surface area contributed by atoms with E-state index < -0.39 is 0 Å². The molecule has 23 nitrogen and oxygen atoms in total. The molecule has 3 atom stereocenters. The van der Waals surface area contributed by atoms with Gasteiger partial charge in [0.05, 0.1) is 96.8 Å². The molecule has 90 heavy (non-hydrogen) atoms. The third-order valence-corrected chi connectivity index (χ3v) is 17.1. The Kier molecular flexibility index (Phi) is 21.1. The van der Waals surface area contributed by atoms with Gasteiger partial charge in [-0.3, -0.25) is 14.6 Å². The van der Waals surface area contributed by atoms with Crippen molar-refractivity contribution in [3.8, 4) is 39.4 Å². The molecule has 3 saturated carbocycles. The minimum Gasteiger partial charge on any atom is -0.393 e. The summed E-state index contributed by atoms with van der Waals surface area (Å²) < 4.78 is 37.3. The number of aromatic nitrogens is 13. The number of aliphatic hydroxyl groups is 3. The molecule has 0 saturated heterocycles. The Balaban J connectivity index is 0.000000149. The van der Waals surface area contributed by atoms with Crippen LogP contribution in [-0.2, 0) is 19.7 Å². The third kappa shape index (κ3) is 15.6. The SMILES string of the molecule is COC[C@H](C)Nc1ncc2c(-c3cncc(C#N)c3)cc(C3CCC(O)CC3)n2n1.COC[C@H](C)Nc1ncc2c(-c3cncc(F)c3)cc(C3CCC(O)CC3)n2n1.COC[C@H](C)Nc1ncc2c(-c3cnn(C(C)(C)C)c3)cc(C3CCC(O)CC3)n2n1. The number of methoxy groups -OCH3 is 3. The Morgan fingerprint density at radius 2 is 0.889 bits per heavy atom. The molecule has 3 fully saturated rings. The Bertz CT molecular complexity index is 3870. The average molecular weight is 1230 g/mol. The van der Waals surface area contributed by atoms with Crippen molar-refractivity contribution in [2.75, 3.05) is 57.1 Å². The number of hydrogen-bond donors (Lipinski definition) is 6. The molecule has 12 rings (SSSR count). The number of nitrogens with one attached hydrogen (secondary N) is 3. The second-order valence-corrected chi connectivity index (χ2v) is 25.4. The highest BCUT2D eigenvalue weighted by molar-refractivity contribution is 5.83. The van der Waals surface area contributed by atoms with Gasteiger partial charge >= 0.3 is 0 Å². The number of halogens is 1. The third-order valence-electron chi connectivity index (χ3n) is 17.1. The highest BCUT2D eigenvalue weighted by atomic mass is 19.1. The molecule has 0 unspecified atom stereocenters. The molecule has 9 aromatic rings. The van der Waals surface area contributed by atoms with Crippen LogP contribution in [-0.4, -0.2) is 156 Å². The molecule has 478 valence electrons. The van der Waals surface area contributed by atoms with Crippen LogP contribution in [0.2, 0.25) is 0 Å². The molecule has 24 heteroatoms. The summed E-state index contributed by atoms with van der Waals surface area (Å²) in [6.07, 6.45) is 25.3. The Hall–Kier alpha value is -8.05. The summed E-state index contributed by atoms with van der Waals surface area (Å²) in [5.41, 5.74) is 11.9. The molecule has 0 aromatic carbocycles. The molecule has 9 heterocycles. The number of hydrogen-bond acceptors (Lipinski definition) is 19. The van der Waals surface area contributed by atoms with Gasteiger partial charge in [-0.05, 0) is 149 Å². The first-order valence-electron chi connectivity index (χ1n) is 31.4. The lowest BCUT2D eigenvalue weighted by Gasteiger charge is -2.25. The van der Waals surface area contributed by atoms with Gasteiger partial charge in [-0.15, -0.1) is 15.3 Å². The predicted octanol–water partition coefficient (Wildman–Crippen LogP) is 10.3. The lowest BCUT2D eigenvalue weighted by molar-refractivity contribution is 0.121. The van der Waals surface area contributed by atoms with E-state index in [1.54, 1.807) is 46.1 Å². The fourth-order valence-corrected chi connectivity index (χ4v) is 12.5. The van der Waals surface area contributed by atoms with Crippen molar-refractivity contribution in [3.63, 3.8) is 0 Å². The summed E-state index contributed by atoms with van der Waals surface area (Å²) in [7, 11) is 5.01. The highest BCUT2D eigenvalue weighted by Crippen LogP contribution is 2.41. The molecule has 3 aliphatic carbocycles. The number of nitriles is 1. The van der Waals surface area contributed by atoms with Crippen molar-refractivity contribution >= 4 is 34.4 Å². The van der Waals surface area contributed by atoms with Crippen molar-refractivity contribution in [2.45, 2.75) is 178 Å². The summed E-state index contributed by atoms with van der Waals surface area (Å²) in [6, 6.07) is 12.1. The summed E-state index contributed by atoms with van der Waals surface area (Å²) in [6.45, 7) is 14.2. The van der Waals surface area contributed by atoms with Crippen LogP contribution in [0.15, 0.2) is 86.1 Å². The Morgan fingerprint density at radius 1 is 0.522 bits per heavy atom. The van der Waals surface area contributed by atoms with Gasteiger partial charge in [0, 0.05) is 132 Å². The van der Waals surface area contributed by atoms with Crippen LogP contribution in [0.1, 0.15) is 159 Å². The average Bonchev–Trinajstić information content (AvgIpc) is 1.66. The summed E-state index contributed by atoms with van der Waals surface area (Å²) in [4.78, 5) is 21.7.